The van der Waals surface area contributed by atoms with Crippen LogP contribution in [0, 0.1) is 18.8 Å². The SMILES string of the molecule is CCNc1nc(CC)nc(NCC2CCCC2C)c1C. The average molecular weight is 276 g/mol. The number of hydrogen-bond acceptors (Lipinski definition) is 4. The lowest BCUT2D eigenvalue weighted by molar-refractivity contribution is 0.439. The standard InChI is InChI=1S/C16H28N4/c1-5-14-19-15(17-6-2)12(4)16(20-14)18-10-13-9-7-8-11(13)3/h11,13H,5-10H2,1-4H3,(H2,17,18,19,20). The molecule has 1 aromatic rings. The molecule has 0 aromatic carbocycles. The van der Waals surface area contributed by atoms with Gasteiger partial charge in [-0.2, -0.15) is 0 Å². The zero-order valence-electron chi connectivity index (χ0n) is 13.3. The van der Waals surface area contributed by atoms with E-state index in [9.17, 15) is 0 Å². The van der Waals surface area contributed by atoms with Gasteiger partial charge in [-0.1, -0.05) is 26.7 Å². The summed E-state index contributed by atoms with van der Waals surface area (Å²) in [6, 6.07) is 0. The molecule has 1 aromatic heterocycles. The van der Waals surface area contributed by atoms with Gasteiger partial charge in [0.15, 0.2) is 0 Å². The van der Waals surface area contributed by atoms with Gasteiger partial charge < -0.3 is 10.6 Å². The van der Waals surface area contributed by atoms with Crippen LogP contribution < -0.4 is 10.6 Å². The molecular weight excluding hydrogens is 248 g/mol. The Morgan fingerprint density at radius 2 is 1.80 bits per heavy atom. The first kappa shape index (κ1) is 15.1. The fourth-order valence-electron chi connectivity index (χ4n) is 2.99. The van der Waals surface area contributed by atoms with E-state index in [4.69, 9.17) is 0 Å². The van der Waals surface area contributed by atoms with Gasteiger partial charge in [-0.05, 0) is 32.1 Å². The Balaban J connectivity index is 2.11. The first-order valence-corrected chi connectivity index (χ1v) is 8.00. The fourth-order valence-corrected chi connectivity index (χ4v) is 2.99. The molecular formula is C16H28N4. The molecule has 0 bridgehead atoms. The third-order valence-corrected chi connectivity index (χ3v) is 4.42. The van der Waals surface area contributed by atoms with E-state index in [1.54, 1.807) is 0 Å². The molecule has 4 heteroatoms. The van der Waals surface area contributed by atoms with Crippen molar-refractivity contribution in [2.24, 2.45) is 11.8 Å². The van der Waals surface area contributed by atoms with Crippen molar-refractivity contribution >= 4 is 11.6 Å². The van der Waals surface area contributed by atoms with Gasteiger partial charge in [-0.15, -0.1) is 0 Å². The average Bonchev–Trinajstić information content (AvgIpc) is 2.85. The predicted molar refractivity (Wildman–Crippen MR) is 85.3 cm³/mol. The second-order valence-electron chi connectivity index (χ2n) is 5.90. The molecule has 4 nitrogen and oxygen atoms in total. The van der Waals surface area contributed by atoms with Crippen molar-refractivity contribution in [1.82, 2.24) is 9.97 Å². The summed E-state index contributed by atoms with van der Waals surface area (Å²) in [7, 11) is 0. The number of aryl methyl sites for hydroxylation is 1. The summed E-state index contributed by atoms with van der Waals surface area (Å²) < 4.78 is 0. The van der Waals surface area contributed by atoms with Gasteiger partial charge in [0, 0.05) is 25.1 Å². The fraction of sp³-hybridized carbons (Fsp3) is 0.750. The molecule has 112 valence electrons. The number of aromatic nitrogens is 2. The van der Waals surface area contributed by atoms with Gasteiger partial charge in [0.05, 0.1) is 0 Å². The summed E-state index contributed by atoms with van der Waals surface area (Å²) >= 11 is 0. The lowest BCUT2D eigenvalue weighted by Crippen LogP contribution is -2.19. The Kier molecular flexibility index (Phi) is 5.21. The molecule has 0 radical (unpaired) electrons. The number of anilines is 2. The van der Waals surface area contributed by atoms with Gasteiger partial charge in [-0.25, -0.2) is 9.97 Å². The number of nitrogens with one attached hydrogen (secondary N) is 2. The first-order valence-electron chi connectivity index (χ1n) is 8.00. The van der Waals surface area contributed by atoms with Crippen LogP contribution in [0.3, 0.4) is 0 Å². The third kappa shape index (κ3) is 3.41. The summed E-state index contributed by atoms with van der Waals surface area (Å²) in [6.45, 7) is 10.6. The number of hydrogen-bond donors (Lipinski definition) is 2. The van der Waals surface area contributed by atoms with Crippen LogP contribution in [0.4, 0.5) is 11.6 Å². The smallest absolute Gasteiger partial charge is 0.134 e. The van der Waals surface area contributed by atoms with E-state index in [0.29, 0.717) is 0 Å². The summed E-state index contributed by atoms with van der Waals surface area (Å²) in [4.78, 5) is 9.23. The van der Waals surface area contributed by atoms with Gasteiger partial charge in [0.1, 0.15) is 17.5 Å². The van der Waals surface area contributed by atoms with Crippen molar-refractivity contribution in [3.05, 3.63) is 11.4 Å². The van der Waals surface area contributed by atoms with Crippen molar-refractivity contribution < 1.29 is 0 Å². The summed E-state index contributed by atoms with van der Waals surface area (Å²) in [5.74, 6) is 4.52. The molecule has 0 amide bonds. The normalized spacial score (nSPS) is 22.0. The van der Waals surface area contributed by atoms with Crippen LogP contribution in [0.15, 0.2) is 0 Å². The van der Waals surface area contributed by atoms with Crippen LogP contribution in [0.5, 0.6) is 0 Å². The Bertz CT molecular complexity index is 444. The quantitative estimate of drug-likeness (QED) is 0.833. The minimum atomic E-state index is 0.789. The number of nitrogens with zero attached hydrogens (tertiary/aromatic N) is 2. The van der Waals surface area contributed by atoms with Crippen molar-refractivity contribution in [3.8, 4) is 0 Å². The van der Waals surface area contributed by atoms with Crippen molar-refractivity contribution in [2.75, 3.05) is 23.7 Å². The van der Waals surface area contributed by atoms with E-state index in [0.717, 1.165) is 54.4 Å². The third-order valence-electron chi connectivity index (χ3n) is 4.42. The Morgan fingerprint density at radius 3 is 2.35 bits per heavy atom. The maximum Gasteiger partial charge on any atom is 0.134 e. The minimum Gasteiger partial charge on any atom is -0.370 e. The van der Waals surface area contributed by atoms with E-state index >= 15 is 0 Å². The van der Waals surface area contributed by atoms with E-state index < -0.39 is 0 Å². The highest BCUT2D eigenvalue weighted by atomic mass is 15.1. The Morgan fingerprint density at radius 1 is 1.10 bits per heavy atom. The van der Waals surface area contributed by atoms with E-state index in [2.05, 4.69) is 48.3 Å². The van der Waals surface area contributed by atoms with Crippen LogP contribution in [0.25, 0.3) is 0 Å². The van der Waals surface area contributed by atoms with Gasteiger partial charge >= 0.3 is 0 Å². The van der Waals surface area contributed by atoms with Gasteiger partial charge in [-0.3, -0.25) is 0 Å². The molecule has 0 saturated heterocycles. The van der Waals surface area contributed by atoms with E-state index in [1.807, 2.05) is 0 Å². The summed E-state index contributed by atoms with van der Waals surface area (Å²) in [6.07, 6.45) is 4.96. The van der Waals surface area contributed by atoms with Crippen LogP contribution in [0.1, 0.15) is 51.4 Å². The zero-order chi connectivity index (χ0) is 14.5. The molecule has 1 saturated carbocycles. The molecule has 0 spiro atoms. The van der Waals surface area contributed by atoms with Gasteiger partial charge in [0.2, 0.25) is 0 Å². The molecule has 1 fully saturated rings. The Labute approximate surface area is 122 Å². The molecule has 1 aliphatic rings. The maximum atomic E-state index is 4.66. The van der Waals surface area contributed by atoms with Crippen LogP contribution in [0.2, 0.25) is 0 Å². The molecule has 2 unspecified atom stereocenters. The molecule has 0 aliphatic heterocycles. The lowest BCUT2D eigenvalue weighted by Gasteiger charge is -2.19. The van der Waals surface area contributed by atoms with Crippen molar-refractivity contribution in [2.45, 2.75) is 53.4 Å². The van der Waals surface area contributed by atoms with E-state index in [1.165, 1.54) is 19.3 Å². The van der Waals surface area contributed by atoms with E-state index in [-0.39, 0.29) is 0 Å². The van der Waals surface area contributed by atoms with Crippen molar-refractivity contribution in [1.29, 1.82) is 0 Å². The Hall–Kier alpha value is -1.32. The summed E-state index contributed by atoms with van der Waals surface area (Å²) in [5.41, 5.74) is 1.13. The minimum absolute atomic E-state index is 0.789. The van der Waals surface area contributed by atoms with Crippen LogP contribution in [-0.2, 0) is 6.42 Å². The molecule has 2 rings (SSSR count). The first-order chi connectivity index (χ1) is 9.65. The molecule has 2 N–H and O–H groups in total. The molecule has 20 heavy (non-hydrogen) atoms. The monoisotopic (exact) mass is 276 g/mol. The summed E-state index contributed by atoms with van der Waals surface area (Å²) in [5, 5.41) is 6.90. The highest BCUT2D eigenvalue weighted by Gasteiger charge is 2.23. The second kappa shape index (κ2) is 6.91. The largest absolute Gasteiger partial charge is 0.370 e. The molecule has 1 aliphatic carbocycles. The van der Waals surface area contributed by atoms with Crippen LogP contribution in [-0.4, -0.2) is 23.1 Å². The maximum absolute atomic E-state index is 4.66. The zero-order valence-corrected chi connectivity index (χ0v) is 13.3. The highest BCUT2D eigenvalue weighted by Crippen LogP contribution is 2.31. The topological polar surface area (TPSA) is 49.8 Å². The van der Waals surface area contributed by atoms with Crippen molar-refractivity contribution in [3.63, 3.8) is 0 Å². The number of rotatable bonds is 6. The molecule has 1 heterocycles. The lowest BCUT2D eigenvalue weighted by atomic mass is 9.98. The van der Waals surface area contributed by atoms with Gasteiger partial charge in [0.25, 0.3) is 0 Å². The van der Waals surface area contributed by atoms with Crippen LogP contribution >= 0.6 is 0 Å². The molecule has 2 atom stereocenters. The second-order valence-corrected chi connectivity index (χ2v) is 5.90. The highest BCUT2D eigenvalue weighted by molar-refractivity contribution is 5.57. The predicted octanol–water partition coefficient (Wildman–Crippen LogP) is 3.63.